The van der Waals surface area contributed by atoms with Crippen LogP contribution in [0.25, 0.3) is 11.0 Å². The molecule has 2 heterocycles. The Hall–Kier alpha value is -2.54. The van der Waals surface area contributed by atoms with Crippen molar-refractivity contribution in [1.29, 1.82) is 0 Å². The zero-order chi connectivity index (χ0) is 24.3. The van der Waals surface area contributed by atoms with Crippen molar-refractivity contribution in [3.8, 4) is 5.75 Å². The van der Waals surface area contributed by atoms with Crippen LogP contribution < -0.4 is 19.8 Å². The first-order valence-electron chi connectivity index (χ1n) is 9.38. The van der Waals surface area contributed by atoms with Gasteiger partial charge >= 0.3 is 11.7 Å². The molecule has 2 aromatic heterocycles. The average Bonchev–Trinajstić information content (AvgIpc) is 2.77. The molecule has 13 heteroatoms. The molecule has 9 nitrogen and oxygen atoms in total. The number of carbonyl (C=O) groups excluding carboxylic acids is 1. The van der Waals surface area contributed by atoms with Crippen molar-refractivity contribution < 1.29 is 22.5 Å². The van der Waals surface area contributed by atoms with Crippen LogP contribution in [0.2, 0.25) is 5.02 Å². The lowest BCUT2D eigenvalue weighted by Crippen LogP contribution is -2.25. The Labute approximate surface area is 204 Å². The predicted molar refractivity (Wildman–Crippen MR) is 128 cm³/mol. The molecule has 1 aromatic carbocycles. The van der Waals surface area contributed by atoms with E-state index in [4.69, 9.17) is 20.8 Å². The molecule has 1 amide bonds. The quantitative estimate of drug-likeness (QED) is 0.336. The van der Waals surface area contributed by atoms with E-state index in [1.165, 1.54) is 50.4 Å². The molecule has 0 spiro atoms. The van der Waals surface area contributed by atoms with Crippen LogP contribution in [0.5, 0.6) is 5.75 Å². The highest BCUT2D eigenvalue weighted by molar-refractivity contribution is 9.08. The molecular formula is C20H19BrClFN4O5S. The lowest BCUT2D eigenvalue weighted by atomic mass is 9.99. The summed E-state index contributed by atoms with van der Waals surface area (Å²) in [5, 5.41) is 0.884. The summed E-state index contributed by atoms with van der Waals surface area (Å²) in [5.74, 6) is -0.932. The number of fused-ring (bicyclic) bond motifs is 1. The van der Waals surface area contributed by atoms with Crippen LogP contribution in [0.3, 0.4) is 0 Å². The third-order valence-electron chi connectivity index (χ3n) is 4.58. The van der Waals surface area contributed by atoms with E-state index in [9.17, 15) is 18.2 Å². The maximum atomic E-state index is 14.9. The second-order valence-electron chi connectivity index (χ2n) is 6.91. The number of anilines is 1. The molecule has 0 aliphatic carbocycles. The van der Waals surface area contributed by atoms with Gasteiger partial charge in [0, 0.05) is 49.1 Å². The van der Waals surface area contributed by atoms with Gasteiger partial charge in [0.15, 0.2) is 28.6 Å². The molecule has 3 aromatic rings. The first-order valence-corrected chi connectivity index (χ1v) is 12.0. The Kier molecular flexibility index (Phi) is 8.05. The summed E-state index contributed by atoms with van der Waals surface area (Å²) in [6.45, 7) is 0. The molecule has 1 atom stereocenters. The van der Waals surface area contributed by atoms with Gasteiger partial charge in [0.2, 0.25) is 0 Å². The summed E-state index contributed by atoms with van der Waals surface area (Å²) in [4.78, 5) is 29.8. The number of halogens is 3. The Morgan fingerprint density at radius 2 is 2.09 bits per heavy atom. The number of hydrogen-bond donors (Lipinski definition) is 2. The Morgan fingerprint density at radius 3 is 2.73 bits per heavy atom. The number of pyridine rings is 1. The van der Waals surface area contributed by atoms with Crippen LogP contribution >= 0.6 is 27.5 Å². The van der Waals surface area contributed by atoms with Crippen LogP contribution in [0.1, 0.15) is 16.7 Å². The number of nitrogens with zero attached hydrogens (tertiary/aromatic N) is 2. The highest BCUT2D eigenvalue weighted by Gasteiger charge is 2.20. The van der Waals surface area contributed by atoms with Crippen LogP contribution in [0, 0.1) is 5.82 Å². The molecule has 0 bridgehead atoms. The number of aromatic nitrogens is 1. The number of rotatable bonds is 7. The average molecular weight is 562 g/mol. The van der Waals surface area contributed by atoms with Gasteiger partial charge in [-0.05, 0) is 30.3 Å². The van der Waals surface area contributed by atoms with Crippen molar-refractivity contribution in [2.75, 3.05) is 25.9 Å². The largest absolute Gasteiger partial charge is 0.422 e. The zero-order valence-electron chi connectivity index (χ0n) is 17.7. The van der Waals surface area contributed by atoms with Gasteiger partial charge in [-0.2, -0.15) is 0 Å². The molecule has 0 radical (unpaired) electrons. The molecule has 0 saturated carbocycles. The molecular weight excluding hydrogens is 543 g/mol. The first kappa shape index (κ1) is 25.1. The van der Waals surface area contributed by atoms with Gasteiger partial charge in [0.05, 0.1) is 5.02 Å². The summed E-state index contributed by atoms with van der Waals surface area (Å²) in [6, 6.07) is 4.30. The van der Waals surface area contributed by atoms with Gasteiger partial charge in [-0.15, -0.1) is 0 Å². The lowest BCUT2D eigenvalue weighted by Gasteiger charge is -2.14. The van der Waals surface area contributed by atoms with Crippen molar-refractivity contribution in [1.82, 2.24) is 14.6 Å². The number of alkyl halides is 1. The van der Waals surface area contributed by atoms with E-state index in [0.29, 0.717) is 10.9 Å². The van der Waals surface area contributed by atoms with E-state index < -0.39 is 28.7 Å². The maximum Gasteiger partial charge on any atom is 0.414 e. The van der Waals surface area contributed by atoms with E-state index in [-0.39, 0.29) is 45.1 Å². The first-order chi connectivity index (χ1) is 15.7. The minimum absolute atomic E-state index is 0.0349. The van der Waals surface area contributed by atoms with Gasteiger partial charge < -0.3 is 14.1 Å². The number of benzene rings is 1. The number of nitrogens with one attached hydrogen (secondary N) is 2. The van der Waals surface area contributed by atoms with E-state index >= 15 is 0 Å². The number of carbonyl (C=O) groups is 1. The molecule has 1 unspecified atom stereocenters. The molecule has 0 aliphatic heterocycles. The summed E-state index contributed by atoms with van der Waals surface area (Å²) >= 11 is 7.94. The van der Waals surface area contributed by atoms with Crippen LogP contribution in [0.4, 0.5) is 15.0 Å². The predicted octanol–water partition coefficient (Wildman–Crippen LogP) is 3.74. The van der Waals surface area contributed by atoms with E-state index in [1.54, 1.807) is 0 Å². The van der Waals surface area contributed by atoms with Crippen LogP contribution in [-0.4, -0.2) is 41.3 Å². The van der Waals surface area contributed by atoms with Crippen LogP contribution in [-0.2, 0) is 22.9 Å². The zero-order valence-corrected chi connectivity index (χ0v) is 20.9. The van der Waals surface area contributed by atoms with Gasteiger partial charge in [0.1, 0.15) is 5.58 Å². The standard InChI is InChI=1S/C20H19BrClFN4O5S/c1-24-33(30)26-18-17(23)10(4-5-25-18)6-12-13(9-21)11-7-14(22)16(32-20(29)27(2)3)8-15(11)31-19(12)28/h4-5,7-8,24H,6,9H2,1-3H3,(H,25,26). The fourth-order valence-electron chi connectivity index (χ4n) is 2.92. The summed E-state index contributed by atoms with van der Waals surface area (Å²) in [6.07, 6.45) is 0.586. The Bertz CT molecular complexity index is 1300. The Morgan fingerprint density at radius 1 is 1.36 bits per heavy atom. The van der Waals surface area contributed by atoms with Crippen molar-refractivity contribution in [2.24, 2.45) is 0 Å². The second kappa shape index (κ2) is 10.6. The molecule has 0 saturated heterocycles. The molecule has 176 valence electrons. The van der Waals surface area contributed by atoms with Crippen molar-refractivity contribution in [3.63, 3.8) is 0 Å². The number of amides is 1. The van der Waals surface area contributed by atoms with E-state index in [2.05, 4.69) is 30.4 Å². The van der Waals surface area contributed by atoms with E-state index in [0.717, 1.165) is 0 Å². The molecule has 0 aliphatic rings. The highest BCUT2D eigenvalue weighted by atomic mass is 79.9. The normalized spacial score (nSPS) is 11.9. The third kappa shape index (κ3) is 5.52. The molecule has 3 rings (SSSR count). The lowest BCUT2D eigenvalue weighted by molar-refractivity contribution is 0.172. The third-order valence-corrected chi connectivity index (χ3v) is 6.19. The summed E-state index contributed by atoms with van der Waals surface area (Å²) in [7, 11) is 4.47. The van der Waals surface area contributed by atoms with Crippen molar-refractivity contribution in [3.05, 3.63) is 62.3 Å². The molecule has 2 N–H and O–H groups in total. The topological polar surface area (TPSA) is 114 Å². The SMILES string of the molecule is CNS(=O)Nc1nccc(Cc2c(CBr)c3cc(Cl)c(OC(=O)N(C)C)cc3oc2=O)c1F. The molecule has 0 fully saturated rings. The maximum absolute atomic E-state index is 14.9. The van der Waals surface area contributed by atoms with Crippen molar-refractivity contribution >= 4 is 61.6 Å². The monoisotopic (exact) mass is 560 g/mol. The fraction of sp³-hybridized carbons (Fsp3) is 0.250. The second-order valence-corrected chi connectivity index (χ2v) is 9.02. The van der Waals surface area contributed by atoms with Crippen molar-refractivity contribution in [2.45, 2.75) is 11.8 Å². The highest BCUT2D eigenvalue weighted by Crippen LogP contribution is 2.34. The minimum Gasteiger partial charge on any atom is -0.422 e. The fourth-order valence-corrected chi connectivity index (χ4v) is 4.18. The van der Waals surface area contributed by atoms with E-state index in [1.807, 2.05) is 0 Å². The van der Waals surface area contributed by atoms with Gasteiger partial charge in [-0.1, -0.05) is 27.5 Å². The summed E-state index contributed by atoms with van der Waals surface area (Å²) in [5.41, 5.74) is 0.370. The van der Waals surface area contributed by atoms with Gasteiger partial charge in [-0.25, -0.2) is 27.9 Å². The number of hydrogen-bond acceptors (Lipinski definition) is 6. The smallest absolute Gasteiger partial charge is 0.414 e. The number of ether oxygens (including phenoxy) is 1. The molecule has 33 heavy (non-hydrogen) atoms. The summed E-state index contributed by atoms with van der Waals surface area (Å²) < 4.78 is 42.0. The van der Waals surface area contributed by atoms with Gasteiger partial charge in [0.25, 0.3) is 0 Å². The van der Waals surface area contributed by atoms with Gasteiger partial charge in [-0.3, -0.25) is 4.72 Å². The Balaban J connectivity index is 2.07. The van der Waals surface area contributed by atoms with Crippen LogP contribution in [0.15, 0.2) is 33.6 Å². The minimum atomic E-state index is -1.73.